The minimum atomic E-state index is 0.790. The van der Waals surface area contributed by atoms with Crippen LogP contribution in [0.3, 0.4) is 0 Å². The molecule has 0 amide bonds. The van der Waals surface area contributed by atoms with Crippen molar-refractivity contribution in [3.05, 3.63) is 35.5 Å². The van der Waals surface area contributed by atoms with Crippen LogP contribution in [0.15, 0.2) is 28.9 Å². The first-order valence-corrected chi connectivity index (χ1v) is 4.78. The Hall–Kier alpha value is -1.77. The van der Waals surface area contributed by atoms with Crippen LogP contribution in [0.1, 0.15) is 11.1 Å². The number of hydrogen-bond acceptors (Lipinski definition) is 3. The molecule has 0 aliphatic rings. The van der Waals surface area contributed by atoms with Gasteiger partial charge in [-0.05, 0) is 37.1 Å². The van der Waals surface area contributed by atoms with Crippen molar-refractivity contribution in [2.24, 2.45) is 0 Å². The lowest BCUT2D eigenvalue weighted by Crippen LogP contribution is -1.90. The van der Waals surface area contributed by atoms with E-state index in [1.165, 1.54) is 0 Å². The smallest absolute Gasteiger partial charge is 0.167 e. The van der Waals surface area contributed by atoms with Gasteiger partial charge in [-0.1, -0.05) is 5.16 Å². The van der Waals surface area contributed by atoms with E-state index in [9.17, 15) is 0 Å². The lowest BCUT2D eigenvalue weighted by Gasteiger charge is -2.08. The lowest BCUT2D eigenvalue weighted by atomic mass is 10.0. The summed E-state index contributed by atoms with van der Waals surface area (Å²) < 4.78 is 10.4. The summed E-state index contributed by atoms with van der Waals surface area (Å²) in [7, 11) is 1.68. The average Bonchev–Trinajstić information content (AvgIpc) is 2.74. The number of nitrogens with zero attached hydrogens (tertiary/aromatic N) is 1. The maximum absolute atomic E-state index is 5.25. The Balaban J connectivity index is 2.55. The molecule has 2 aromatic rings. The topological polar surface area (TPSA) is 35.3 Å². The molecule has 0 N–H and O–H groups in total. The lowest BCUT2D eigenvalue weighted by molar-refractivity contribution is 0.411. The van der Waals surface area contributed by atoms with Gasteiger partial charge in [0.25, 0.3) is 0 Å². The molecule has 0 spiro atoms. The molecular weight excluding hydrogens is 190 g/mol. The summed E-state index contributed by atoms with van der Waals surface area (Å²) in [6, 6.07) is 5.91. The first kappa shape index (κ1) is 9.77. The predicted molar refractivity (Wildman–Crippen MR) is 58.0 cm³/mol. The Morgan fingerprint density at radius 1 is 1.20 bits per heavy atom. The van der Waals surface area contributed by atoms with Gasteiger partial charge >= 0.3 is 0 Å². The molecule has 0 radical (unpaired) electrons. The van der Waals surface area contributed by atoms with Gasteiger partial charge in [-0.25, -0.2) is 0 Å². The third kappa shape index (κ3) is 1.73. The third-order valence-electron chi connectivity index (χ3n) is 2.45. The Morgan fingerprint density at radius 2 is 2.00 bits per heavy atom. The summed E-state index contributed by atoms with van der Waals surface area (Å²) in [5.41, 5.74) is 3.27. The van der Waals surface area contributed by atoms with Crippen LogP contribution in [0.25, 0.3) is 11.3 Å². The Morgan fingerprint density at radius 3 is 2.60 bits per heavy atom. The average molecular weight is 203 g/mol. The van der Waals surface area contributed by atoms with Crippen LogP contribution in [-0.2, 0) is 0 Å². The van der Waals surface area contributed by atoms with E-state index in [4.69, 9.17) is 9.26 Å². The van der Waals surface area contributed by atoms with Crippen LogP contribution < -0.4 is 4.74 Å². The molecular formula is C12H13NO2. The highest BCUT2D eigenvalue weighted by Gasteiger charge is 2.09. The van der Waals surface area contributed by atoms with E-state index in [1.54, 1.807) is 13.3 Å². The summed E-state index contributed by atoms with van der Waals surface area (Å²) in [5, 5.41) is 3.71. The molecule has 0 saturated carbocycles. The van der Waals surface area contributed by atoms with E-state index in [-0.39, 0.29) is 0 Å². The van der Waals surface area contributed by atoms with Crippen molar-refractivity contribution >= 4 is 0 Å². The first-order chi connectivity index (χ1) is 7.22. The van der Waals surface area contributed by atoms with E-state index >= 15 is 0 Å². The van der Waals surface area contributed by atoms with Gasteiger partial charge in [0.05, 0.1) is 13.3 Å². The van der Waals surface area contributed by atoms with Gasteiger partial charge in [-0.2, -0.15) is 0 Å². The number of ether oxygens (including phenoxy) is 1. The number of aryl methyl sites for hydroxylation is 2. The molecule has 0 fully saturated rings. The molecule has 3 heteroatoms. The van der Waals surface area contributed by atoms with E-state index in [0.29, 0.717) is 0 Å². The molecule has 0 saturated heterocycles. The van der Waals surface area contributed by atoms with Gasteiger partial charge in [-0.3, -0.25) is 0 Å². The maximum Gasteiger partial charge on any atom is 0.167 e. The molecule has 78 valence electrons. The molecule has 0 bridgehead atoms. The predicted octanol–water partition coefficient (Wildman–Crippen LogP) is 2.97. The summed E-state index contributed by atoms with van der Waals surface area (Å²) in [6.45, 7) is 4.04. The number of rotatable bonds is 2. The van der Waals surface area contributed by atoms with Crippen molar-refractivity contribution in [3.63, 3.8) is 0 Å². The summed E-state index contributed by atoms with van der Waals surface area (Å²) in [4.78, 5) is 0. The van der Waals surface area contributed by atoms with Gasteiger partial charge in [0.1, 0.15) is 5.75 Å². The zero-order chi connectivity index (χ0) is 10.8. The Bertz CT molecular complexity index is 461. The highest BCUT2D eigenvalue weighted by molar-refractivity contribution is 5.64. The third-order valence-corrected chi connectivity index (χ3v) is 2.45. The number of methoxy groups -OCH3 is 1. The molecule has 0 unspecified atom stereocenters. The monoisotopic (exact) mass is 203 g/mol. The van der Waals surface area contributed by atoms with E-state index in [0.717, 1.165) is 28.2 Å². The van der Waals surface area contributed by atoms with Crippen molar-refractivity contribution in [3.8, 4) is 17.1 Å². The fourth-order valence-electron chi connectivity index (χ4n) is 1.63. The molecule has 0 atom stereocenters. The molecule has 1 aromatic carbocycles. The number of aromatic nitrogens is 1. The second kappa shape index (κ2) is 3.77. The van der Waals surface area contributed by atoms with Crippen molar-refractivity contribution in [2.75, 3.05) is 7.11 Å². The number of benzene rings is 1. The van der Waals surface area contributed by atoms with Gasteiger partial charge in [0.15, 0.2) is 5.76 Å². The second-order valence-corrected chi connectivity index (χ2v) is 3.51. The zero-order valence-corrected chi connectivity index (χ0v) is 9.07. The van der Waals surface area contributed by atoms with Crippen LogP contribution in [0.4, 0.5) is 0 Å². The van der Waals surface area contributed by atoms with Crippen LogP contribution in [-0.4, -0.2) is 12.3 Å². The molecule has 3 nitrogen and oxygen atoms in total. The standard InChI is InChI=1S/C12H13NO2/c1-8-7-12(14-3)9(2)6-10(8)11-4-5-13-15-11/h4-7H,1-3H3. The van der Waals surface area contributed by atoms with Gasteiger partial charge in [-0.15, -0.1) is 0 Å². The SMILES string of the molecule is COc1cc(C)c(-c2ccno2)cc1C. The zero-order valence-electron chi connectivity index (χ0n) is 9.07. The van der Waals surface area contributed by atoms with Gasteiger partial charge in [0.2, 0.25) is 0 Å². The molecule has 0 aliphatic carbocycles. The van der Waals surface area contributed by atoms with Gasteiger partial charge in [0, 0.05) is 11.6 Å². The quantitative estimate of drug-likeness (QED) is 0.752. The number of hydrogen-bond donors (Lipinski definition) is 0. The fraction of sp³-hybridized carbons (Fsp3) is 0.250. The molecule has 1 aromatic heterocycles. The van der Waals surface area contributed by atoms with Crippen molar-refractivity contribution < 1.29 is 9.26 Å². The minimum Gasteiger partial charge on any atom is -0.496 e. The second-order valence-electron chi connectivity index (χ2n) is 3.51. The van der Waals surface area contributed by atoms with E-state index in [1.807, 2.05) is 26.0 Å². The minimum absolute atomic E-state index is 0.790. The van der Waals surface area contributed by atoms with Crippen LogP contribution in [0, 0.1) is 13.8 Å². The van der Waals surface area contributed by atoms with Crippen molar-refractivity contribution in [1.29, 1.82) is 0 Å². The van der Waals surface area contributed by atoms with Crippen LogP contribution in [0.2, 0.25) is 0 Å². The first-order valence-electron chi connectivity index (χ1n) is 4.78. The van der Waals surface area contributed by atoms with E-state index < -0.39 is 0 Å². The Labute approximate surface area is 88.7 Å². The van der Waals surface area contributed by atoms with Crippen molar-refractivity contribution in [2.45, 2.75) is 13.8 Å². The summed E-state index contributed by atoms with van der Waals surface area (Å²) >= 11 is 0. The highest BCUT2D eigenvalue weighted by Crippen LogP contribution is 2.29. The molecule has 15 heavy (non-hydrogen) atoms. The molecule has 1 heterocycles. The largest absolute Gasteiger partial charge is 0.496 e. The highest BCUT2D eigenvalue weighted by atomic mass is 16.5. The maximum atomic E-state index is 5.25. The van der Waals surface area contributed by atoms with Crippen molar-refractivity contribution in [1.82, 2.24) is 5.16 Å². The Kier molecular flexibility index (Phi) is 2.46. The summed E-state index contributed by atoms with van der Waals surface area (Å²) in [5.74, 6) is 1.69. The normalized spacial score (nSPS) is 10.3. The van der Waals surface area contributed by atoms with Crippen LogP contribution in [0.5, 0.6) is 5.75 Å². The molecule has 2 rings (SSSR count). The molecule has 0 aliphatic heterocycles. The van der Waals surface area contributed by atoms with Crippen LogP contribution >= 0.6 is 0 Å². The van der Waals surface area contributed by atoms with Gasteiger partial charge < -0.3 is 9.26 Å². The summed E-state index contributed by atoms with van der Waals surface area (Å²) in [6.07, 6.45) is 1.65. The fourth-order valence-corrected chi connectivity index (χ4v) is 1.63. The van der Waals surface area contributed by atoms with E-state index in [2.05, 4.69) is 11.2 Å².